The number of amides is 1. The molecule has 0 aromatic heterocycles. The van der Waals surface area contributed by atoms with Crippen LogP contribution in [0.5, 0.6) is 0 Å². The lowest BCUT2D eigenvalue weighted by atomic mass is 9.84. The van der Waals surface area contributed by atoms with E-state index in [1.54, 1.807) is 4.90 Å². The molecule has 3 heteroatoms. The third-order valence-corrected chi connectivity index (χ3v) is 3.33. The van der Waals surface area contributed by atoms with E-state index in [2.05, 4.69) is 0 Å². The van der Waals surface area contributed by atoms with E-state index < -0.39 is 0 Å². The van der Waals surface area contributed by atoms with Crippen LogP contribution < -0.4 is 5.73 Å². The van der Waals surface area contributed by atoms with Crippen LogP contribution in [0.1, 0.15) is 40.0 Å². The quantitative estimate of drug-likeness (QED) is 0.772. The molecule has 0 bridgehead atoms. The highest BCUT2D eigenvalue weighted by Crippen LogP contribution is 2.27. The summed E-state index contributed by atoms with van der Waals surface area (Å²) in [5.74, 6) is 0.792. The lowest BCUT2D eigenvalue weighted by Crippen LogP contribution is -2.50. The molecule has 0 aliphatic heterocycles. The van der Waals surface area contributed by atoms with Crippen LogP contribution in [-0.2, 0) is 4.79 Å². The van der Waals surface area contributed by atoms with E-state index in [1.165, 1.54) is 19.3 Å². The first kappa shape index (κ1) is 12.5. The number of rotatable bonds is 3. The van der Waals surface area contributed by atoms with E-state index in [4.69, 9.17) is 5.73 Å². The van der Waals surface area contributed by atoms with Gasteiger partial charge in [-0.15, -0.1) is 0 Å². The minimum Gasteiger partial charge on any atom is -0.344 e. The zero-order valence-electron chi connectivity index (χ0n) is 10.4. The zero-order valence-corrected chi connectivity index (χ0v) is 10.4. The summed E-state index contributed by atoms with van der Waals surface area (Å²) in [5, 5.41) is 0. The van der Waals surface area contributed by atoms with Crippen molar-refractivity contribution in [1.82, 2.24) is 4.90 Å². The van der Waals surface area contributed by atoms with Crippen LogP contribution in [-0.4, -0.2) is 30.4 Å². The Morgan fingerprint density at radius 3 is 2.33 bits per heavy atom. The molecular weight excluding hydrogens is 188 g/mol. The van der Waals surface area contributed by atoms with Gasteiger partial charge in [-0.2, -0.15) is 0 Å². The fraction of sp³-hybridized carbons (Fsp3) is 0.917. The van der Waals surface area contributed by atoms with E-state index in [0.29, 0.717) is 5.92 Å². The average molecular weight is 212 g/mol. The van der Waals surface area contributed by atoms with Gasteiger partial charge in [-0.3, -0.25) is 4.79 Å². The number of nitrogens with zero attached hydrogens (tertiary/aromatic N) is 1. The molecule has 2 N–H and O–H groups in total. The van der Waals surface area contributed by atoms with Crippen molar-refractivity contribution in [3.8, 4) is 0 Å². The van der Waals surface area contributed by atoms with E-state index >= 15 is 0 Å². The van der Waals surface area contributed by atoms with Gasteiger partial charge in [0.1, 0.15) is 0 Å². The molecule has 1 aliphatic rings. The smallest absolute Gasteiger partial charge is 0.239 e. The highest BCUT2D eigenvalue weighted by atomic mass is 16.2. The van der Waals surface area contributed by atoms with Gasteiger partial charge < -0.3 is 10.6 Å². The predicted octanol–water partition coefficient (Wildman–Crippen LogP) is 1.62. The number of carbonyl (C=O) groups excluding carboxylic acids is 1. The first-order valence-corrected chi connectivity index (χ1v) is 5.83. The molecule has 0 aromatic rings. The Kier molecular flexibility index (Phi) is 3.77. The molecule has 1 atom stereocenters. The fourth-order valence-corrected chi connectivity index (χ4v) is 1.76. The lowest BCUT2D eigenvalue weighted by Gasteiger charge is -2.34. The van der Waals surface area contributed by atoms with E-state index in [1.807, 2.05) is 27.8 Å². The second-order valence-electron chi connectivity index (χ2n) is 5.86. The molecule has 0 unspecified atom stereocenters. The molecule has 15 heavy (non-hydrogen) atoms. The predicted molar refractivity (Wildman–Crippen MR) is 62.4 cm³/mol. The van der Waals surface area contributed by atoms with Gasteiger partial charge in [0.15, 0.2) is 0 Å². The van der Waals surface area contributed by atoms with Gasteiger partial charge >= 0.3 is 0 Å². The molecule has 3 nitrogen and oxygen atoms in total. The number of likely N-dealkylation sites (N-methyl/N-ethyl adjacent to an activating group) is 1. The Bertz CT molecular complexity index is 228. The third kappa shape index (κ3) is 3.20. The number of nitrogens with two attached hydrogens (primary N) is 1. The number of carbonyl (C=O) groups is 1. The van der Waals surface area contributed by atoms with Gasteiger partial charge in [0.25, 0.3) is 0 Å². The van der Waals surface area contributed by atoms with Crippen molar-refractivity contribution in [3.63, 3.8) is 0 Å². The normalized spacial score (nSPS) is 19.5. The van der Waals surface area contributed by atoms with Crippen LogP contribution in [0, 0.1) is 11.3 Å². The highest BCUT2D eigenvalue weighted by molar-refractivity contribution is 5.82. The second kappa shape index (κ2) is 4.52. The molecule has 0 radical (unpaired) electrons. The third-order valence-electron chi connectivity index (χ3n) is 3.33. The van der Waals surface area contributed by atoms with Crippen molar-refractivity contribution in [2.75, 3.05) is 13.6 Å². The van der Waals surface area contributed by atoms with Gasteiger partial charge in [-0.05, 0) is 24.2 Å². The van der Waals surface area contributed by atoms with E-state index in [0.717, 1.165) is 6.54 Å². The molecule has 0 aromatic carbocycles. The van der Waals surface area contributed by atoms with Crippen LogP contribution in [0.2, 0.25) is 0 Å². The minimum atomic E-state index is -0.387. The van der Waals surface area contributed by atoms with Crippen LogP contribution in [0.25, 0.3) is 0 Å². The minimum absolute atomic E-state index is 0.0781. The number of hydrogen-bond acceptors (Lipinski definition) is 2. The molecule has 0 heterocycles. The second-order valence-corrected chi connectivity index (χ2v) is 5.86. The van der Waals surface area contributed by atoms with Crippen molar-refractivity contribution in [2.45, 2.75) is 46.1 Å². The Morgan fingerprint density at radius 1 is 1.47 bits per heavy atom. The monoisotopic (exact) mass is 212 g/mol. The van der Waals surface area contributed by atoms with Crippen LogP contribution >= 0.6 is 0 Å². The number of hydrogen-bond donors (Lipinski definition) is 1. The zero-order chi connectivity index (χ0) is 11.6. The Balaban J connectivity index is 2.44. The van der Waals surface area contributed by atoms with Gasteiger partial charge in [0, 0.05) is 13.6 Å². The summed E-state index contributed by atoms with van der Waals surface area (Å²) < 4.78 is 0. The maximum atomic E-state index is 12.0. The van der Waals surface area contributed by atoms with Gasteiger partial charge in [0.2, 0.25) is 5.91 Å². The molecule has 1 aliphatic carbocycles. The average Bonchev–Trinajstić information content (AvgIpc) is 2.06. The van der Waals surface area contributed by atoms with Gasteiger partial charge in [0.05, 0.1) is 6.04 Å². The van der Waals surface area contributed by atoms with Gasteiger partial charge in [-0.1, -0.05) is 27.2 Å². The largest absolute Gasteiger partial charge is 0.344 e. The topological polar surface area (TPSA) is 46.3 Å². The molecular formula is C12H24N2O. The molecule has 0 saturated heterocycles. The molecule has 1 fully saturated rings. The summed E-state index contributed by atoms with van der Waals surface area (Å²) in [6, 6.07) is -0.387. The van der Waals surface area contributed by atoms with Crippen molar-refractivity contribution >= 4 is 5.91 Å². The van der Waals surface area contributed by atoms with Crippen molar-refractivity contribution in [2.24, 2.45) is 17.1 Å². The molecule has 1 amide bonds. The van der Waals surface area contributed by atoms with Crippen LogP contribution in [0.4, 0.5) is 0 Å². The van der Waals surface area contributed by atoms with Crippen LogP contribution in [0.3, 0.4) is 0 Å². The maximum Gasteiger partial charge on any atom is 0.239 e. The standard InChI is InChI=1S/C12H24N2O/c1-12(2,3)10(13)11(15)14(4)8-9-6-5-7-9/h9-10H,5-8,13H2,1-4H3/t10-/m0/s1. The molecule has 88 valence electrons. The summed E-state index contributed by atoms with van der Waals surface area (Å²) in [6.07, 6.45) is 3.85. The first-order valence-electron chi connectivity index (χ1n) is 5.83. The summed E-state index contributed by atoms with van der Waals surface area (Å²) in [7, 11) is 1.87. The van der Waals surface area contributed by atoms with Crippen molar-refractivity contribution in [3.05, 3.63) is 0 Å². The van der Waals surface area contributed by atoms with Crippen molar-refractivity contribution in [1.29, 1.82) is 0 Å². The van der Waals surface area contributed by atoms with Crippen molar-refractivity contribution < 1.29 is 4.79 Å². The summed E-state index contributed by atoms with van der Waals surface area (Å²) in [5.41, 5.74) is 5.79. The Hall–Kier alpha value is -0.570. The summed E-state index contributed by atoms with van der Waals surface area (Å²) in [4.78, 5) is 13.8. The summed E-state index contributed by atoms with van der Waals surface area (Å²) >= 11 is 0. The Morgan fingerprint density at radius 2 is 2.00 bits per heavy atom. The van der Waals surface area contributed by atoms with E-state index in [-0.39, 0.29) is 17.4 Å². The molecule has 0 spiro atoms. The first-order chi connectivity index (χ1) is 6.82. The lowest BCUT2D eigenvalue weighted by molar-refractivity contribution is -0.134. The molecule has 1 rings (SSSR count). The fourth-order valence-electron chi connectivity index (χ4n) is 1.76. The van der Waals surface area contributed by atoms with Gasteiger partial charge in [-0.25, -0.2) is 0 Å². The molecule has 1 saturated carbocycles. The van der Waals surface area contributed by atoms with E-state index in [9.17, 15) is 4.79 Å². The SMILES string of the molecule is CN(CC1CCC1)C(=O)[C@H](N)C(C)(C)C. The van der Waals surface area contributed by atoms with Crippen LogP contribution in [0.15, 0.2) is 0 Å². The highest BCUT2D eigenvalue weighted by Gasteiger charge is 2.31. The maximum absolute atomic E-state index is 12.0. The summed E-state index contributed by atoms with van der Waals surface area (Å²) in [6.45, 7) is 6.90. The Labute approximate surface area is 93.0 Å².